The van der Waals surface area contributed by atoms with Crippen LogP contribution in [0.3, 0.4) is 0 Å². The number of likely N-dealkylation sites (N-methyl/N-ethyl adjacent to an activating group) is 1. The molecule has 0 atom stereocenters. The first kappa shape index (κ1) is 31.9. The van der Waals surface area contributed by atoms with E-state index in [4.69, 9.17) is 22.8 Å². The summed E-state index contributed by atoms with van der Waals surface area (Å²) < 4.78 is 32.3. The zero-order valence-corrected chi connectivity index (χ0v) is 25.0. The van der Waals surface area contributed by atoms with Gasteiger partial charge in [-0.25, -0.2) is 8.42 Å². The number of aldehydes is 1. The highest BCUT2D eigenvalue weighted by Crippen LogP contribution is 2.24. The maximum Gasteiger partial charge on any atom is 0.241 e. The smallest absolute Gasteiger partial charge is 0.241 e. The quantitative estimate of drug-likeness (QED) is 0.155. The molecule has 4 rings (SSSR count). The van der Waals surface area contributed by atoms with Crippen molar-refractivity contribution >= 4 is 38.8 Å². The second-order valence-corrected chi connectivity index (χ2v) is 11.7. The van der Waals surface area contributed by atoms with Crippen LogP contribution in [0, 0.1) is 12.3 Å². The zero-order chi connectivity index (χ0) is 29.7. The first-order chi connectivity index (χ1) is 19.8. The van der Waals surface area contributed by atoms with Gasteiger partial charge in [-0.2, -0.15) is 4.72 Å². The van der Waals surface area contributed by atoms with Gasteiger partial charge in [0.25, 0.3) is 0 Å². The third kappa shape index (κ3) is 9.76. The number of ether oxygens (including phenoxy) is 1. The van der Waals surface area contributed by atoms with E-state index >= 15 is 0 Å². The van der Waals surface area contributed by atoms with Crippen LogP contribution in [-0.4, -0.2) is 51.3 Å². The Morgan fingerprint density at radius 2 is 1.85 bits per heavy atom. The van der Waals surface area contributed by atoms with Crippen LogP contribution in [-0.2, 0) is 34.2 Å². The molecule has 7 nitrogen and oxygen atoms in total. The van der Waals surface area contributed by atoms with Crippen LogP contribution < -0.4 is 9.46 Å². The molecule has 0 radical (unpaired) electrons. The summed E-state index contributed by atoms with van der Waals surface area (Å²) in [4.78, 5) is 15.8. The number of carbonyl (C=O) groups is 1. The summed E-state index contributed by atoms with van der Waals surface area (Å²) >= 11 is 6.15. The van der Waals surface area contributed by atoms with Crippen molar-refractivity contribution in [3.05, 3.63) is 94.6 Å². The van der Waals surface area contributed by atoms with Gasteiger partial charge in [0.05, 0.1) is 18.0 Å². The predicted molar refractivity (Wildman–Crippen MR) is 166 cm³/mol. The largest absolute Gasteiger partial charge is 0.493 e. The Morgan fingerprint density at radius 3 is 2.56 bits per heavy atom. The van der Waals surface area contributed by atoms with Crippen molar-refractivity contribution in [2.75, 3.05) is 26.7 Å². The van der Waals surface area contributed by atoms with Crippen LogP contribution in [0.5, 0.6) is 5.75 Å². The number of hydrogen-bond donors (Lipinski definition) is 2. The van der Waals surface area contributed by atoms with Crippen molar-refractivity contribution in [2.45, 2.75) is 37.6 Å². The fourth-order valence-electron chi connectivity index (χ4n) is 4.16. The summed E-state index contributed by atoms with van der Waals surface area (Å²) in [5, 5.41) is 1.83. The van der Waals surface area contributed by atoms with Crippen LogP contribution in [0.25, 0.3) is 10.9 Å². The molecular weight excluding hydrogens is 558 g/mol. The first-order valence-corrected chi connectivity index (χ1v) is 15.2. The number of aromatic amines is 1. The molecule has 0 saturated carbocycles. The van der Waals surface area contributed by atoms with Gasteiger partial charge in [-0.1, -0.05) is 54.8 Å². The van der Waals surface area contributed by atoms with E-state index in [1.807, 2.05) is 67.8 Å². The molecule has 2 N–H and O–H groups in total. The number of sulfonamides is 1. The summed E-state index contributed by atoms with van der Waals surface area (Å²) in [6, 6.07) is 20.5. The summed E-state index contributed by atoms with van der Waals surface area (Å²) in [5.41, 5.74) is 4.27. The Bertz CT molecular complexity index is 1560. The van der Waals surface area contributed by atoms with E-state index < -0.39 is 10.0 Å². The molecule has 0 aliphatic heterocycles. The van der Waals surface area contributed by atoms with Crippen LogP contribution >= 0.6 is 11.6 Å². The summed E-state index contributed by atoms with van der Waals surface area (Å²) in [6.45, 7) is 4.23. The minimum atomic E-state index is -3.56. The Labute approximate surface area is 247 Å². The SMILES string of the molecule is C#CCNS(=O)(=O)c1ccc(CCN(C)Cc2cc(Cl)ccc2OCCC)cc1.O=CCc1c[nH]c2ccccc12. The van der Waals surface area contributed by atoms with Crippen LogP contribution in [0.4, 0.5) is 0 Å². The van der Waals surface area contributed by atoms with Gasteiger partial charge in [-0.05, 0) is 67.4 Å². The third-order valence-corrected chi connectivity index (χ3v) is 7.93. The average Bonchev–Trinajstić information content (AvgIpc) is 3.38. The number of carbonyl (C=O) groups excluding carboxylic acids is 1. The fraction of sp³-hybridized carbons (Fsp3) is 0.281. The molecule has 1 heterocycles. The van der Waals surface area contributed by atoms with Crippen molar-refractivity contribution in [1.82, 2.24) is 14.6 Å². The van der Waals surface area contributed by atoms with E-state index in [1.54, 1.807) is 12.1 Å². The number of nitrogens with zero attached hydrogens (tertiary/aromatic N) is 1. The number of rotatable bonds is 13. The lowest BCUT2D eigenvalue weighted by Crippen LogP contribution is -2.24. The predicted octanol–water partition coefficient (Wildman–Crippen LogP) is 5.62. The molecule has 0 spiro atoms. The molecule has 9 heteroatoms. The lowest BCUT2D eigenvalue weighted by Gasteiger charge is -2.19. The van der Waals surface area contributed by atoms with Crippen LogP contribution in [0.2, 0.25) is 5.02 Å². The van der Waals surface area contributed by atoms with Gasteiger partial charge in [-0.15, -0.1) is 6.42 Å². The summed E-state index contributed by atoms with van der Waals surface area (Å²) in [7, 11) is -1.52. The van der Waals surface area contributed by atoms with Crippen molar-refractivity contribution in [3.8, 4) is 18.1 Å². The number of H-pyrrole nitrogens is 1. The molecule has 3 aromatic carbocycles. The van der Waals surface area contributed by atoms with E-state index in [-0.39, 0.29) is 11.4 Å². The number of halogens is 1. The van der Waals surface area contributed by atoms with E-state index in [0.29, 0.717) is 24.6 Å². The number of para-hydroxylation sites is 1. The Balaban J connectivity index is 0.000000317. The highest BCUT2D eigenvalue weighted by Gasteiger charge is 2.13. The van der Waals surface area contributed by atoms with Crippen molar-refractivity contribution < 1.29 is 17.9 Å². The Morgan fingerprint density at radius 1 is 1.10 bits per heavy atom. The van der Waals surface area contributed by atoms with Gasteiger partial charge in [0.15, 0.2) is 0 Å². The molecule has 0 unspecified atom stereocenters. The molecule has 0 amide bonds. The molecule has 0 aliphatic carbocycles. The number of hydrogen-bond acceptors (Lipinski definition) is 5. The van der Waals surface area contributed by atoms with Gasteiger partial charge < -0.3 is 19.4 Å². The first-order valence-electron chi connectivity index (χ1n) is 13.4. The van der Waals surface area contributed by atoms with Crippen LogP contribution in [0.15, 0.2) is 77.8 Å². The maximum atomic E-state index is 12.1. The molecule has 1 aromatic heterocycles. The van der Waals surface area contributed by atoms with Gasteiger partial charge in [0.1, 0.15) is 12.0 Å². The van der Waals surface area contributed by atoms with Crippen molar-refractivity contribution in [1.29, 1.82) is 0 Å². The molecule has 4 aromatic rings. The van der Waals surface area contributed by atoms with E-state index in [1.165, 1.54) is 0 Å². The minimum Gasteiger partial charge on any atom is -0.493 e. The lowest BCUT2D eigenvalue weighted by atomic mass is 10.1. The lowest BCUT2D eigenvalue weighted by molar-refractivity contribution is -0.107. The standard InChI is InChI=1S/C22H27ClN2O3S.C10H9NO/c1-4-13-24-29(26,27)21-9-6-18(7-10-21)12-14-25(3)17-19-16-20(23)8-11-22(19)28-15-5-2;12-6-5-8-7-11-10-4-2-1-3-9(8)10/h1,6-11,16,24H,5,12-15,17H2,2-3H3;1-4,6-7,11H,5H2. The van der Waals surface area contributed by atoms with Crippen molar-refractivity contribution in [2.24, 2.45) is 0 Å². The highest BCUT2D eigenvalue weighted by atomic mass is 35.5. The molecule has 0 saturated heterocycles. The van der Waals surface area contributed by atoms with Gasteiger partial charge >= 0.3 is 0 Å². The average molecular weight is 594 g/mol. The Hall–Kier alpha value is -3.61. The zero-order valence-electron chi connectivity index (χ0n) is 23.4. The van der Waals surface area contributed by atoms with Gasteiger partial charge in [0, 0.05) is 47.2 Å². The summed E-state index contributed by atoms with van der Waals surface area (Å²) in [6.07, 6.45) is 10.1. The molecule has 216 valence electrons. The molecular formula is C32H36ClN3O4S. The maximum absolute atomic E-state index is 12.1. The normalized spacial score (nSPS) is 11.1. The van der Waals surface area contributed by atoms with E-state index in [9.17, 15) is 13.2 Å². The summed E-state index contributed by atoms with van der Waals surface area (Å²) in [5.74, 6) is 3.12. The second kappa shape index (κ2) is 16.0. The number of fused-ring (bicyclic) bond motifs is 1. The third-order valence-electron chi connectivity index (χ3n) is 6.28. The monoisotopic (exact) mass is 593 g/mol. The van der Waals surface area contributed by atoms with Crippen molar-refractivity contribution in [3.63, 3.8) is 0 Å². The highest BCUT2D eigenvalue weighted by molar-refractivity contribution is 7.89. The number of terminal acetylenes is 1. The molecule has 0 aliphatic rings. The molecule has 0 bridgehead atoms. The topological polar surface area (TPSA) is 91.5 Å². The molecule has 0 fully saturated rings. The second-order valence-electron chi connectivity index (χ2n) is 9.49. The number of benzene rings is 3. The number of nitrogens with one attached hydrogen (secondary N) is 2. The number of aromatic nitrogens is 1. The minimum absolute atomic E-state index is 0.0255. The van der Waals surface area contributed by atoms with Gasteiger partial charge in [0.2, 0.25) is 10.0 Å². The Kier molecular flexibility index (Phi) is 12.4. The van der Waals surface area contributed by atoms with Crippen LogP contribution in [0.1, 0.15) is 30.0 Å². The van der Waals surface area contributed by atoms with E-state index in [0.717, 1.165) is 59.0 Å². The fourth-order valence-corrected chi connectivity index (χ4v) is 5.29. The van der Waals surface area contributed by atoms with E-state index in [2.05, 4.69) is 27.5 Å². The van der Waals surface area contributed by atoms with Gasteiger partial charge in [-0.3, -0.25) is 0 Å². The molecule has 41 heavy (non-hydrogen) atoms.